The van der Waals surface area contributed by atoms with E-state index < -0.39 is 0 Å². The van der Waals surface area contributed by atoms with Gasteiger partial charge in [-0.15, -0.1) is 0 Å². The Kier molecular flexibility index (Phi) is 6.30. The van der Waals surface area contributed by atoms with Crippen LogP contribution in [0.5, 0.6) is 5.75 Å². The van der Waals surface area contributed by atoms with Gasteiger partial charge in [0.05, 0.1) is 12.7 Å². The Morgan fingerprint density at radius 1 is 1.40 bits per heavy atom. The van der Waals surface area contributed by atoms with Gasteiger partial charge in [0.15, 0.2) is 0 Å². The van der Waals surface area contributed by atoms with Crippen molar-refractivity contribution in [2.45, 2.75) is 38.3 Å². The Hall–Kier alpha value is -1.10. The van der Waals surface area contributed by atoms with E-state index in [2.05, 4.69) is 24.4 Å². The predicted octanol–water partition coefficient (Wildman–Crippen LogP) is 2.24. The van der Waals surface area contributed by atoms with Crippen molar-refractivity contribution in [3.8, 4) is 5.75 Å². The first-order valence-electron chi connectivity index (χ1n) is 7.61. The van der Waals surface area contributed by atoms with Gasteiger partial charge >= 0.3 is 0 Å². The lowest BCUT2D eigenvalue weighted by Crippen LogP contribution is -2.34. The van der Waals surface area contributed by atoms with Crippen molar-refractivity contribution in [1.29, 1.82) is 0 Å². The molecule has 2 atom stereocenters. The van der Waals surface area contributed by atoms with Crippen molar-refractivity contribution in [2.24, 2.45) is 5.73 Å². The molecule has 4 nitrogen and oxygen atoms in total. The standard InChI is InChI=1S/C16H26N2O2/c1-2-9-19-14-7-5-13(6-8-14)16(11-17)18-12-15-4-3-10-20-15/h5-8,15-16,18H,2-4,9-12,17H2,1H3. The lowest BCUT2D eigenvalue weighted by Gasteiger charge is -2.20. The zero-order valence-corrected chi connectivity index (χ0v) is 12.3. The summed E-state index contributed by atoms with van der Waals surface area (Å²) >= 11 is 0. The summed E-state index contributed by atoms with van der Waals surface area (Å²) in [5.74, 6) is 0.922. The third-order valence-electron chi connectivity index (χ3n) is 3.61. The highest BCUT2D eigenvalue weighted by atomic mass is 16.5. The van der Waals surface area contributed by atoms with E-state index in [-0.39, 0.29) is 6.04 Å². The Morgan fingerprint density at radius 3 is 2.80 bits per heavy atom. The second-order valence-corrected chi connectivity index (χ2v) is 5.25. The molecule has 0 amide bonds. The van der Waals surface area contributed by atoms with Gasteiger partial charge in [-0.2, -0.15) is 0 Å². The molecular formula is C16H26N2O2. The highest BCUT2D eigenvalue weighted by molar-refractivity contribution is 5.29. The molecule has 2 unspecified atom stereocenters. The number of ether oxygens (including phenoxy) is 2. The molecule has 1 fully saturated rings. The van der Waals surface area contributed by atoms with Crippen LogP contribution in [0.25, 0.3) is 0 Å². The minimum absolute atomic E-state index is 0.180. The number of benzene rings is 1. The third kappa shape index (κ3) is 4.47. The van der Waals surface area contributed by atoms with E-state index >= 15 is 0 Å². The summed E-state index contributed by atoms with van der Waals surface area (Å²) in [4.78, 5) is 0. The molecule has 0 bridgehead atoms. The molecule has 1 heterocycles. The molecule has 0 aromatic heterocycles. The van der Waals surface area contributed by atoms with Gasteiger partial charge in [0.25, 0.3) is 0 Å². The summed E-state index contributed by atoms with van der Waals surface area (Å²) in [5.41, 5.74) is 7.08. The van der Waals surface area contributed by atoms with Crippen LogP contribution < -0.4 is 15.8 Å². The molecule has 2 rings (SSSR count). The molecule has 1 aliphatic heterocycles. The molecule has 1 aromatic carbocycles. The minimum Gasteiger partial charge on any atom is -0.494 e. The van der Waals surface area contributed by atoms with Gasteiger partial charge in [-0.1, -0.05) is 19.1 Å². The van der Waals surface area contributed by atoms with Crippen molar-refractivity contribution in [3.05, 3.63) is 29.8 Å². The molecule has 1 aromatic rings. The molecule has 1 aliphatic rings. The summed E-state index contributed by atoms with van der Waals surface area (Å²) in [7, 11) is 0. The van der Waals surface area contributed by atoms with Gasteiger partial charge in [-0.05, 0) is 37.0 Å². The highest BCUT2D eigenvalue weighted by Crippen LogP contribution is 2.18. The largest absolute Gasteiger partial charge is 0.494 e. The molecule has 0 aliphatic carbocycles. The fourth-order valence-electron chi connectivity index (χ4n) is 2.43. The molecule has 3 N–H and O–H groups in total. The van der Waals surface area contributed by atoms with Gasteiger partial charge in [0.2, 0.25) is 0 Å². The van der Waals surface area contributed by atoms with Crippen LogP contribution in [-0.4, -0.2) is 32.4 Å². The first kappa shape index (κ1) is 15.3. The maximum atomic E-state index is 5.87. The molecule has 4 heteroatoms. The molecule has 112 valence electrons. The zero-order chi connectivity index (χ0) is 14.2. The minimum atomic E-state index is 0.180. The van der Waals surface area contributed by atoms with Gasteiger partial charge in [0, 0.05) is 25.7 Å². The average Bonchev–Trinajstić information content (AvgIpc) is 3.00. The van der Waals surface area contributed by atoms with E-state index in [4.69, 9.17) is 15.2 Å². The SMILES string of the molecule is CCCOc1ccc(C(CN)NCC2CCCO2)cc1. The maximum absolute atomic E-state index is 5.87. The van der Waals surface area contributed by atoms with Crippen molar-refractivity contribution in [3.63, 3.8) is 0 Å². The summed E-state index contributed by atoms with van der Waals surface area (Å²) in [6.45, 7) is 5.21. The number of rotatable bonds is 8. The fourth-order valence-corrected chi connectivity index (χ4v) is 2.43. The Balaban J connectivity index is 1.85. The predicted molar refractivity (Wildman–Crippen MR) is 81.0 cm³/mol. The van der Waals surface area contributed by atoms with E-state index in [9.17, 15) is 0 Å². The molecular weight excluding hydrogens is 252 g/mol. The number of nitrogens with two attached hydrogens (primary N) is 1. The van der Waals surface area contributed by atoms with E-state index in [1.807, 2.05) is 12.1 Å². The Labute approximate surface area is 121 Å². The van der Waals surface area contributed by atoms with Crippen LogP contribution in [0.15, 0.2) is 24.3 Å². The zero-order valence-electron chi connectivity index (χ0n) is 12.3. The van der Waals surface area contributed by atoms with Gasteiger partial charge < -0.3 is 20.5 Å². The average molecular weight is 278 g/mol. The summed E-state index contributed by atoms with van der Waals surface area (Å²) < 4.78 is 11.2. The lowest BCUT2D eigenvalue weighted by molar-refractivity contribution is 0.107. The third-order valence-corrected chi connectivity index (χ3v) is 3.61. The van der Waals surface area contributed by atoms with Crippen molar-refractivity contribution >= 4 is 0 Å². The van der Waals surface area contributed by atoms with E-state index in [0.29, 0.717) is 12.6 Å². The normalized spacial score (nSPS) is 20.0. The van der Waals surface area contributed by atoms with E-state index in [1.165, 1.54) is 12.0 Å². The van der Waals surface area contributed by atoms with Crippen LogP contribution >= 0.6 is 0 Å². The highest BCUT2D eigenvalue weighted by Gasteiger charge is 2.17. The van der Waals surface area contributed by atoms with Crippen LogP contribution in [0.1, 0.15) is 37.8 Å². The van der Waals surface area contributed by atoms with Crippen LogP contribution in [-0.2, 0) is 4.74 Å². The smallest absolute Gasteiger partial charge is 0.119 e. The second kappa shape index (κ2) is 8.25. The van der Waals surface area contributed by atoms with E-state index in [0.717, 1.165) is 38.3 Å². The Morgan fingerprint density at radius 2 is 2.20 bits per heavy atom. The fraction of sp³-hybridized carbons (Fsp3) is 0.625. The monoisotopic (exact) mass is 278 g/mol. The lowest BCUT2D eigenvalue weighted by atomic mass is 10.1. The topological polar surface area (TPSA) is 56.5 Å². The summed E-state index contributed by atoms with van der Waals surface area (Å²) in [6, 6.07) is 8.39. The van der Waals surface area contributed by atoms with Crippen molar-refractivity contribution in [1.82, 2.24) is 5.32 Å². The second-order valence-electron chi connectivity index (χ2n) is 5.25. The van der Waals surface area contributed by atoms with Crippen LogP contribution in [0.4, 0.5) is 0 Å². The van der Waals surface area contributed by atoms with Gasteiger partial charge in [-0.3, -0.25) is 0 Å². The number of hydrogen-bond acceptors (Lipinski definition) is 4. The summed E-state index contributed by atoms with van der Waals surface area (Å²) in [5, 5.41) is 3.50. The van der Waals surface area contributed by atoms with Gasteiger partial charge in [-0.25, -0.2) is 0 Å². The summed E-state index contributed by atoms with van der Waals surface area (Å²) in [6.07, 6.45) is 3.68. The van der Waals surface area contributed by atoms with Crippen LogP contribution in [0, 0.1) is 0 Å². The van der Waals surface area contributed by atoms with Crippen molar-refractivity contribution in [2.75, 3.05) is 26.3 Å². The quantitative estimate of drug-likeness (QED) is 0.766. The van der Waals surface area contributed by atoms with E-state index in [1.54, 1.807) is 0 Å². The molecule has 0 saturated carbocycles. The first-order chi connectivity index (χ1) is 9.83. The number of nitrogens with one attached hydrogen (secondary N) is 1. The Bertz CT molecular complexity index is 375. The van der Waals surface area contributed by atoms with Gasteiger partial charge in [0.1, 0.15) is 5.75 Å². The maximum Gasteiger partial charge on any atom is 0.119 e. The molecule has 1 saturated heterocycles. The van der Waals surface area contributed by atoms with Crippen LogP contribution in [0.3, 0.4) is 0 Å². The van der Waals surface area contributed by atoms with Crippen molar-refractivity contribution < 1.29 is 9.47 Å². The molecule has 0 spiro atoms. The molecule has 20 heavy (non-hydrogen) atoms. The molecule has 0 radical (unpaired) electrons. The first-order valence-corrected chi connectivity index (χ1v) is 7.61. The number of hydrogen-bond donors (Lipinski definition) is 2. The van der Waals surface area contributed by atoms with Crippen LogP contribution in [0.2, 0.25) is 0 Å².